The number of benzene rings is 2. The fourth-order valence-electron chi connectivity index (χ4n) is 2.94. The second-order valence-corrected chi connectivity index (χ2v) is 7.29. The largest absolute Gasteiger partial charge is 0.445 e. The fraction of sp³-hybridized carbons (Fsp3) is 0.391. The van der Waals surface area contributed by atoms with E-state index in [0.717, 1.165) is 11.1 Å². The lowest BCUT2D eigenvalue weighted by Gasteiger charge is -2.28. The number of nitrogens with zero attached hydrogens (tertiary/aromatic N) is 1. The van der Waals surface area contributed by atoms with Gasteiger partial charge >= 0.3 is 12.7 Å². The maximum Gasteiger partial charge on any atom is 0.408 e. The van der Waals surface area contributed by atoms with Gasteiger partial charge in [-0.25, -0.2) is 4.79 Å². The third kappa shape index (κ3) is 7.88. The summed E-state index contributed by atoms with van der Waals surface area (Å²) in [7, 11) is 1.62. The highest BCUT2D eigenvalue weighted by molar-refractivity contribution is 5.85. The first-order valence-electron chi connectivity index (χ1n) is 10.1. The van der Waals surface area contributed by atoms with Gasteiger partial charge in [-0.2, -0.15) is 8.78 Å². The van der Waals surface area contributed by atoms with Crippen LogP contribution >= 0.6 is 0 Å². The van der Waals surface area contributed by atoms with Crippen LogP contribution in [0.25, 0.3) is 0 Å². The van der Waals surface area contributed by atoms with Gasteiger partial charge in [-0.05, 0) is 29.2 Å². The molecule has 8 heteroatoms. The molecule has 2 atom stereocenters. The van der Waals surface area contributed by atoms with Crippen molar-refractivity contribution < 1.29 is 27.8 Å². The van der Waals surface area contributed by atoms with Gasteiger partial charge in [0.2, 0.25) is 5.91 Å². The molecule has 0 aromatic heterocycles. The monoisotopic (exact) mass is 434 g/mol. The summed E-state index contributed by atoms with van der Waals surface area (Å²) in [5.74, 6) is -0.326. The molecular formula is C23H28F2N2O4. The van der Waals surface area contributed by atoms with Crippen LogP contribution < -0.4 is 10.1 Å². The molecule has 2 rings (SSSR count). The van der Waals surface area contributed by atoms with E-state index in [0.29, 0.717) is 6.42 Å². The number of ether oxygens (including phenoxy) is 2. The molecule has 31 heavy (non-hydrogen) atoms. The van der Waals surface area contributed by atoms with Gasteiger partial charge < -0.3 is 19.7 Å². The van der Waals surface area contributed by atoms with E-state index in [-0.39, 0.29) is 30.7 Å². The van der Waals surface area contributed by atoms with Gasteiger partial charge in [-0.1, -0.05) is 62.7 Å². The van der Waals surface area contributed by atoms with Crippen LogP contribution in [0.15, 0.2) is 54.6 Å². The van der Waals surface area contributed by atoms with Crippen LogP contribution in [0, 0.1) is 5.92 Å². The molecule has 168 valence electrons. The summed E-state index contributed by atoms with van der Waals surface area (Å²) in [6.07, 6.45) is 0.0208. The average molecular weight is 434 g/mol. The zero-order chi connectivity index (χ0) is 22.8. The summed E-state index contributed by atoms with van der Waals surface area (Å²) in [4.78, 5) is 26.8. The first-order valence-corrected chi connectivity index (χ1v) is 10.1. The van der Waals surface area contributed by atoms with Crippen molar-refractivity contribution in [3.05, 3.63) is 65.7 Å². The smallest absolute Gasteiger partial charge is 0.408 e. The Morgan fingerprint density at radius 3 is 2.26 bits per heavy atom. The number of rotatable bonds is 10. The van der Waals surface area contributed by atoms with Crippen molar-refractivity contribution in [3.63, 3.8) is 0 Å². The fourth-order valence-corrected chi connectivity index (χ4v) is 2.94. The van der Waals surface area contributed by atoms with E-state index in [1.807, 2.05) is 44.2 Å². The summed E-state index contributed by atoms with van der Waals surface area (Å²) in [5.41, 5.74) is 1.59. The van der Waals surface area contributed by atoms with Gasteiger partial charge in [0.05, 0.1) is 0 Å². The van der Waals surface area contributed by atoms with Crippen LogP contribution in [-0.4, -0.2) is 36.6 Å². The molecule has 0 fully saturated rings. The zero-order valence-corrected chi connectivity index (χ0v) is 17.9. The molecule has 1 N–H and O–H groups in total. The van der Waals surface area contributed by atoms with Gasteiger partial charge in [0.25, 0.3) is 0 Å². The Hall–Kier alpha value is -3.16. The first-order chi connectivity index (χ1) is 14.8. The number of alkyl carbamates (subject to hydrolysis) is 1. The van der Waals surface area contributed by atoms with Gasteiger partial charge in [0.15, 0.2) is 0 Å². The summed E-state index contributed by atoms with van der Waals surface area (Å²) < 4.78 is 34.1. The standard InChI is InChI=1S/C23H28F2N2O4/c1-4-16(2)20(26-23(29)30-15-18-8-6-5-7-9-18)21(28)27(3)14-17-10-12-19(13-11-17)31-22(24)25/h5-13,16,20,22H,4,14-15H2,1-3H3,(H,26,29)/t16-,20-/m0/s1. The normalized spacial score (nSPS) is 12.7. The predicted molar refractivity (Wildman–Crippen MR) is 113 cm³/mol. The van der Waals surface area contributed by atoms with Crippen LogP contribution in [0.3, 0.4) is 0 Å². The predicted octanol–water partition coefficient (Wildman–Crippen LogP) is 4.59. The van der Waals surface area contributed by atoms with Crippen LogP contribution in [0.5, 0.6) is 5.75 Å². The maximum absolute atomic E-state index is 13.0. The van der Waals surface area contributed by atoms with E-state index < -0.39 is 18.7 Å². The van der Waals surface area contributed by atoms with E-state index >= 15 is 0 Å². The van der Waals surface area contributed by atoms with Crippen molar-refractivity contribution in [2.45, 2.75) is 46.1 Å². The highest BCUT2D eigenvalue weighted by atomic mass is 19.3. The molecule has 0 aliphatic heterocycles. The number of likely N-dealkylation sites (N-methyl/N-ethyl adjacent to an activating group) is 1. The number of amides is 2. The topological polar surface area (TPSA) is 67.9 Å². The molecule has 0 radical (unpaired) electrons. The van der Waals surface area contributed by atoms with E-state index in [9.17, 15) is 18.4 Å². The van der Waals surface area contributed by atoms with E-state index in [1.54, 1.807) is 19.2 Å². The Morgan fingerprint density at radius 2 is 1.68 bits per heavy atom. The molecule has 0 saturated carbocycles. The van der Waals surface area contributed by atoms with Gasteiger partial charge in [-0.3, -0.25) is 4.79 Å². The van der Waals surface area contributed by atoms with Crippen LogP contribution in [0.2, 0.25) is 0 Å². The van der Waals surface area contributed by atoms with Crippen molar-refractivity contribution in [1.29, 1.82) is 0 Å². The third-order valence-electron chi connectivity index (χ3n) is 4.91. The second kappa shape index (κ2) is 11.9. The number of halogens is 2. The molecule has 0 aliphatic carbocycles. The number of hydrogen-bond acceptors (Lipinski definition) is 4. The van der Waals surface area contributed by atoms with E-state index in [2.05, 4.69) is 10.1 Å². The summed E-state index contributed by atoms with van der Waals surface area (Å²) in [6, 6.07) is 14.6. The molecule has 0 heterocycles. The molecule has 0 bridgehead atoms. The lowest BCUT2D eigenvalue weighted by atomic mass is 9.98. The summed E-state index contributed by atoms with van der Waals surface area (Å²) >= 11 is 0. The maximum atomic E-state index is 13.0. The minimum Gasteiger partial charge on any atom is -0.445 e. The third-order valence-corrected chi connectivity index (χ3v) is 4.91. The summed E-state index contributed by atoms with van der Waals surface area (Å²) in [6.45, 7) is 1.28. The first kappa shape index (κ1) is 24.1. The summed E-state index contributed by atoms with van der Waals surface area (Å²) in [5, 5.41) is 2.68. The molecule has 2 aromatic carbocycles. The minimum atomic E-state index is -2.89. The van der Waals surface area contributed by atoms with Crippen molar-refractivity contribution in [2.24, 2.45) is 5.92 Å². The van der Waals surface area contributed by atoms with Gasteiger partial charge in [-0.15, -0.1) is 0 Å². The molecule has 0 saturated heterocycles. The minimum absolute atomic E-state index is 0.0491. The molecular weight excluding hydrogens is 406 g/mol. The molecule has 2 amide bonds. The van der Waals surface area contributed by atoms with Crippen LogP contribution in [0.1, 0.15) is 31.4 Å². The van der Waals surface area contributed by atoms with Gasteiger partial charge in [0.1, 0.15) is 18.4 Å². The number of carbonyl (C=O) groups is 2. The van der Waals surface area contributed by atoms with Crippen molar-refractivity contribution >= 4 is 12.0 Å². The number of alkyl halides is 2. The Balaban J connectivity index is 1.96. The quantitative estimate of drug-likeness (QED) is 0.594. The Morgan fingerprint density at radius 1 is 1.03 bits per heavy atom. The molecule has 0 unspecified atom stereocenters. The highest BCUT2D eigenvalue weighted by Gasteiger charge is 2.29. The molecule has 0 aliphatic rings. The SMILES string of the molecule is CC[C@H](C)[C@H](NC(=O)OCc1ccccc1)C(=O)N(C)Cc1ccc(OC(F)F)cc1. The average Bonchev–Trinajstić information content (AvgIpc) is 2.76. The van der Waals surface area contributed by atoms with Crippen LogP contribution in [0.4, 0.5) is 13.6 Å². The highest BCUT2D eigenvalue weighted by Crippen LogP contribution is 2.17. The molecule has 0 spiro atoms. The lowest BCUT2D eigenvalue weighted by Crippen LogP contribution is -2.50. The Bertz CT molecular complexity index is 831. The van der Waals surface area contributed by atoms with Crippen molar-refractivity contribution in [2.75, 3.05) is 7.05 Å². The Labute approximate surface area is 181 Å². The second-order valence-electron chi connectivity index (χ2n) is 7.29. The lowest BCUT2D eigenvalue weighted by molar-refractivity contribution is -0.133. The van der Waals surface area contributed by atoms with Gasteiger partial charge in [0, 0.05) is 13.6 Å². The zero-order valence-electron chi connectivity index (χ0n) is 17.9. The van der Waals surface area contributed by atoms with Crippen molar-refractivity contribution in [3.8, 4) is 5.75 Å². The van der Waals surface area contributed by atoms with E-state index in [1.165, 1.54) is 17.0 Å². The Kier molecular flexibility index (Phi) is 9.24. The molecule has 2 aromatic rings. The number of nitrogens with one attached hydrogen (secondary N) is 1. The number of hydrogen-bond donors (Lipinski definition) is 1. The van der Waals surface area contributed by atoms with E-state index in [4.69, 9.17) is 4.74 Å². The van der Waals surface area contributed by atoms with Crippen molar-refractivity contribution in [1.82, 2.24) is 10.2 Å². The molecule has 6 nitrogen and oxygen atoms in total. The number of carbonyl (C=O) groups excluding carboxylic acids is 2. The van der Waals surface area contributed by atoms with Crippen LogP contribution in [-0.2, 0) is 22.7 Å².